The van der Waals surface area contributed by atoms with Crippen LogP contribution in [0.3, 0.4) is 0 Å². The van der Waals surface area contributed by atoms with Crippen LogP contribution in [-0.2, 0) is 6.54 Å². The highest BCUT2D eigenvalue weighted by Crippen LogP contribution is 2.02. The van der Waals surface area contributed by atoms with Crippen LogP contribution in [0.2, 0.25) is 0 Å². The third-order valence-electron chi connectivity index (χ3n) is 2.08. The maximum atomic E-state index is 8.52. The van der Waals surface area contributed by atoms with Gasteiger partial charge in [-0.05, 0) is 13.3 Å². The maximum Gasteiger partial charge on any atom is 0.156 e. The predicted octanol–water partition coefficient (Wildman–Crippen LogP) is 0.598. The number of rotatable bonds is 5. The predicted molar refractivity (Wildman–Crippen MR) is 55.6 cm³/mol. The number of nitrogens with zero attached hydrogens (tertiary/aromatic N) is 2. The van der Waals surface area contributed by atoms with Gasteiger partial charge in [0.05, 0.1) is 18.3 Å². The molecule has 84 valence electrons. The summed E-state index contributed by atoms with van der Waals surface area (Å²) in [6, 6.07) is 1.69. The van der Waals surface area contributed by atoms with Gasteiger partial charge in [-0.2, -0.15) is 0 Å². The Labute approximate surface area is 88.1 Å². The summed E-state index contributed by atoms with van der Waals surface area (Å²) in [5.74, 6) is 0.908. The second-order valence-corrected chi connectivity index (χ2v) is 3.30. The van der Waals surface area contributed by atoms with Crippen LogP contribution in [0.4, 0.5) is 0 Å². The maximum absolute atomic E-state index is 8.52. The number of oxime groups is 1. The van der Waals surface area contributed by atoms with E-state index in [4.69, 9.17) is 15.5 Å². The number of aryl methyl sites for hydroxylation is 1. The summed E-state index contributed by atoms with van der Waals surface area (Å²) in [4.78, 5) is 0. The van der Waals surface area contributed by atoms with Crippen molar-refractivity contribution in [2.45, 2.75) is 32.9 Å². The average Bonchev–Trinajstić information content (AvgIpc) is 2.64. The first kappa shape index (κ1) is 11.5. The summed E-state index contributed by atoms with van der Waals surface area (Å²) >= 11 is 0. The van der Waals surface area contributed by atoms with Gasteiger partial charge in [0.25, 0.3) is 0 Å². The molecule has 0 radical (unpaired) electrons. The fourth-order valence-corrected chi connectivity index (χ4v) is 1.25. The highest BCUT2D eigenvalue weighted by Gasteiger charge is 2.11. The van der Waals surface area contributed by atoms with E-state index in [-0.39, 0.29) is 11.9 Å². The zero-order chi connectivity index (χ0) is 11.3. The molecular weight excluding hydrogens is 196 g/mol. The van der Waals surface area contributed by atoms with Crippen molar-refractivity contribution in [3.63, 3.8) is 0 Å². The molecule has 0 aliphatic rings. The smallest absolute Gasteiger partial charge is 0.156 e. The minimum Gasteiger partial charge on any atom is -0.409 e. The quantitative estimate of drug-likeness (QED) is 0.287. The summed E-state index contributed by atoms with van der Waals surface area (Å²) in [5.41, 5.74) is 6.33. The lowest BCUT2D eigenvalue weighted by Crippen LogP contribution is -2.40. The second kappa shape index (κ2) is 5.35. The third-order valence-corrected chi connectivity index (χ3v) is 2.08. The number of aromatic nitrogens is 1. The van der Waals surface area contributed by atoms with E-state index in [9.17, 15) is 0 Å². The van der Waals surface area contributed by atoms with E-state index in [1.54, 1.807) is 0 Å². The fourth-order valence-electron chi connectivity index (χ4n) is 1.25. The van der Waals surface area contributed by atoms with Crippen LogP contribution >= 0.6 is 0 Å². The Morgan fingerprint density at radius 3 is 3.00 bits per heavy atom. The van der Waals surface area contributed by atoms with Crippen LogP contribution in [0, 0.1) is 6.92 Å². The molecule has 15 heavy (non-hydrogen) atoms. The first-order chi connectivity index (χ1) is 7.17. The lowest BCUT2D eigenvalue weighted by atomic mass is 10.2. The molecule has 1 atom stereocenters. The van der Waals surface area contributed by atoms with Crippen molar-refractivity contribution in [1.29, 1.82) is 0 Å². The van der Waals surface area contributed by atoms with Gasteiger partial charge in [0.1, 0.15) is 0 Å². The first-order valence-corrected chi connectivity index (χ1v) is 4.80. The van der Waals surface area contributed by atoms with Gasteiger partial charge < -0.3 is 20.8 Å². The monoisotopic (exact) mass is 212 g/mol. The van der Waals surface area contributed by atoms with Crippen LogP contribution in [0.1, 0.15) is 24.8 Å². The van der Waals surface area contributed by atoms with E-state index < -0.39 is 0 Å². The van der Waals surface area contributed by atoms with Crippen molar-refractivity contribution in [1.82, 2.24) is 10.5 Å². The van der Waals surface area contributed by atoms with Gasteiger partial charge in [-0.15, -0.1) is 0 Å². The van der Waals surface area contributed by atoms with E-state index in [1.165, 1.54) is 0 Å². The Bertz CT molecular complexity index is 335. The Morgan fingerprint density at radius 1 is 1.80 bits per heavy atom. The molecule has 6 nitrogen and oxygen atoms in total. The largest absolute Gasteiger partial charge is 0.409 e. The molecule has 1 rings (SSSR count). The number of hydrogen-bond donors (Lipinski definition) is 3. The first-order valence-electron chi connectivity index (χ1n) is 4.80. The Morgan fingerprint density at radius 2 is 2.53 bits per heavy atom. The molecule has 1 aromatic heterocycles. The summed E-state index contributed by atoms with van der Waals surface area (Å²) < 4.78 is 5.02. The van der Waals surface area contributed by atoms with Crippen LogP contribution in [0.5, 0.6) is 0 Å². The molecule has 0 saturated heterocycles. The summed E-state index contributed by atoms with van der Waals surface area (Å²) in [5, 5.41) is 18.3. The minimum absolute atomic E-state index is 0.152. The number of amidine groups is 1. The fraction of sp³-hybridized carbons (Fsp3) is 0.556. The van der Waals surface area contributed by atoms with Gasteiger partial charge in [0.2, 0.25) is 0 Å². The van der Waals surface area contributed by atoms with E-state index in [0.717, 1.165) is 17.9 Å². The van der Waals surface area contributed by atoms with Gasteiger partial charge in [0.15, 0.2) is 11.6 Å². The van der Waals surface area contributed by atoms with Gasteiger partial charge in [0, 0.05) is 6.07 Å². The van der Waals surface area contributed by atoms with Crippen molar-refractivity contribution >= 4 is 5.84 Å². The topological polar surface area (TPSA) is 96.7 Å². The molecule has 4 N–H and O–H groups in total. The van der Waals surface area contributed by atoms with E-state index >= 15 is 0 Å². The summed E-state index contributed by atoms with van der Waals surface area (Å²) in [6.45, 7) is 4.31. The molecule has 0 aromatic carbocycles. The molecule has 0 aliphatic carbocycles. The lowest BCUT2D eigenvalue weighted by Gasteiger charge is -2.13. The van der Waals surface area contributed by atoms with Gasteiger partial charge in [-0.3, -0.25) is 0 Å². The SMILES string of the molecule is CCC(NCc1cc(C)no1)C(N)=NO. The standard InChI is InChI=1S/C9H16N4O2/c1-3-8(9(10)12-14)11-5-7-4-6(2)13-15-7/h4,8,11,14H,3,5H2,1-2H3,(H2,10,12). The van der Waals surface area contributed by atoms with Crippen LogP contribution in [0.15, 0.2) is 15.7 Å². The van der Waals surface area contributed by atoms with Crippen LogP contribution < -0.4 is 11.1 Å². The molecule has 0 aliphatic heterocycles. The summed E-state index contributed by atoms with van der Waals surface area (Å²) in [6.07, 6.45) is 0.739. The van der Waals surface area contributed by atoms with Crippen LogP contribution in [-0.4, -0.2) is 22.2 Å². The van der Waals surface area contributed by atoms with E-state index in [1.807, 2.05) is 19.9 Å². The highest BCUT2D eigenvalue weighted by atomic mass is 16.5. The van der Waals surface area contributed by atoms with Crippen LogP contribution in [0.25, 0.3) is 0 Å². The Kier molecular flexibility index (Phi) is 4.11. The van der Waals surface area contributed by atoms with E-state index in [2.05, 4.69) is 15.6 Å². The van der Waals surface area contributed by atoms with E-state index in [0.29, 0.717) is 6.54 Å². The van der Waals surface area contributed by atoms with Crippen molar-refractivity contribution in [3.8, 4) is 0 Å². The number of hydrogen-bond acceptors (Lipinski definition) is 5. The highest BCUT2D eigenvalue weighted by molar-refractivity contribution is 5.85. The molecular formula is C9H16N4O2. The molecule has 0 fully saturated rings. The lowest BCUT2D eigenvalue weighted by molar-refractivity contribution is 0.313. The molecule has 1 unspecified atom stereocenters. The molecule has 0 spiro atoms. The molecule has 0 bridgehead atoms. The molecule has 1 heterocycles. The van der Waals surface area contributed by atoms with Crippen molar-refractivity contribution in [2.24, 2.45) is 10.9 Å². The zero-order valence-electron chi connectivity index (χ0n) is 8.90. The molecule has 6 heteroatoms. The Hall–Kier alpha value is -1.56. The van der Waals surface area contributed by atoms with Crippen molar-refractivity contribution < 1.29 is 9.73 Å². The third kappa shape index (κ3) is 3.25. The van der Waals surface area contributed by atoms with Gasteiger partial charge >= 0.3 is 0 Å². The minimum atomic E-state index is -0.152. The summed E-state index contributed by atoms with van der Waals surface area (Å²) in [7, 11) is 0. The van der Waals surface area contributed by atoms with Crippen molar-refractivity contribution in [3.05, 3.63) is 17.5 Å². The molecule has 1 aromatic rings. The normalized spacial score (nSPS) is 14.1. The van der Waals surface area contributed by atoms with Gasteiger partial charge in [-0.25, -0.2) is 0 Å². The number of nitrogens with two attached hydrogens (primary N) is 1. The second-order valence-electron chi connectivity index (χ2n) is 3.30. The van der Waals surface area contributed by atoms with Gasteiger partial charge in [-0.1, -0.05) is 17.2 Å². The zero-order valence-corrected chi connectivity index (χ0v) is 8.90. The Balaban J connectivity index is 2.48. The molecule has 0 amide bonds. The van der Waals surface area contributed by atoms with Crippen molar-refractivity contribution in [2.75, 3.05) is 0 Å². The number of nitrogens with one attached hydrogen (secondary N) is 1. The molecule has 0 saturated carbocycles. The average molecular weight is 212 g/mol.